The van der Waals surface area contributed by atoms with Gasteiger partial charge in [-0.25, -0.2) is 0 Å². The van der Waals surface area contributed by atoms with Crippen molar-refractivity contribution in [2.24, 2.45) is 0 Å². The smallest absolute Gasteiger partial charge is 0.0468 e. The molecule has 12 rings (SSSR count). The fraction of sp³-hybridized carbons (Fsp3) is 0. The summed E-state index contributed by atoms with van der Waals surface area (Å²) < 4.78 is 5.31. The fourth-order valence-corrected chi connectivity index (χ4v) is 11.1. The molecule has 0 spiro atoms. The molecular formula is C54H33NS2. The number of anilines is 3. The molecular weight excluding hydrogens is 727 g/mol. The van der Waals surface area contributed by atoms with Crippen molar-refractivity contribution in [3.05, 3.63) is 200 Å². The standard InChI is InChI=1S/C54H33NS2/c1-2-11-43-41(9-1)42-10-3-4-12-44(42)48-33-40(27-28-45(43)48)55(38-23-17-34(18-24-38)36-21-29-53-49(31-36)46-13-5-7-15-51(46)56-53)39-25-19-35(20-26-39)37-22-30-54-50(32-37)47-14-6-8-16-52(47)57-54/h1-33H. The van der Waals surface area contributed by atoms with Gasteiger partial charge in [0.05, 0.1) is 0 Å². The van der Waals surface area contributed by atoms with E-state index in [1.807, 2.05) is 22.7 Å². The number of nitrogens with zero attached hydrogens (tertiary/aromatic N) is 1. The summed E-state index contributed by atoms with van der Waals surface area (Å²) in [6.07, 6.45) is 0. The molecule has 10 aromatic carbocycles. The summed E-state index contributed by atoms with van der Waals surface area (Å²) in [4.78, 5) is 2.40. The van der Waals surface area contributed by atoms with E-state index in [4.69, 9.17) is 0 Å². The summed E-state index contributed by atoms with van der Waals surface area (Å²) in [5.74, 6) is 0. The first-order valence-corrected chi connectivity index (χ1v) is 21.0. The maximum absolute atomic E-state index is 2.40. The van der Waals surface area contributed by atoms with Crippen LogP contribution in [0.1, 0.15) is 0 Å². The van der Waals surface area contributed by atoms with Crippen LogP contribution >= 0.6 is 22.7 Å². The van der Waals surface area contributed by atoms with Gasteiger partial charge in [0, 0.05) is 57.4 Å². The molecule has 0 amide bonds. The van der Waals surface area contributed by atoms with Crippen LogP contribution in [-0.2, 0) is 0 Å². The van der Waals surface area contributed by atoms with E-state index in [1.165, 1.54) is 94.9 Å². The monoisotopic (exact) mass is 759 g/mol. The van der Waals surface area contributed by atoms with E-state index in [0.717, 1.165) is 17.1 Å². The highest BCUT2D eigenvalue weighted by Gasteiger charge is 2.17. The summed E-state index contributed by atoms with van der Waals surface area (Å²) >= 11 is 3.73. The largest absolute Gasteiger partial charge is 0.310 e. The van der Waals surface area contributed by atoms with E-state index < -0.39 is 0 Å². The van der Waals surface area contributed by atoms with Gasteiger partial charge in [0.2, 0.25) is 0 Å². The molecule has 0 atom stereocenters. The third kappa shape index (κ3) is 5.28. The van der Waals surface area contributed by atoms with Crippen molar-refractivity contribution in [3.63, 3.8) is 0 Å². The lowest BCUT2D eigenvalue weighted by molar-refractivity contribution is 1.29. The molecule has 0 aliphatic heterocycles. The predicted octanol–water partition coefficient (Wildman–Crippen LogP) is 16.7. The first-order valence-electron chi connectivity index (χ1n) is 19.4. The second-order valence-corrected chi connectivity index (χ2v) is 17.0. The van der Waals surface area contributed by atoms with Gasteiger partial charge in [-0.1, -0.05) is 127 Å². The maximum atomic E-state index is 2.40. The Bertz CT molecular complexity index is 3330. The highest BCUT2D eigenvalue weighted by atomic mass is 32.1. The number of hydrogen-bond acceptors (Lipinski definition) is 3. The van der Waals surface area contributed by atoms with Crippen LogP contribution in [0.15, 0.2) is 200 Å². The van der Waals surface area contributed by atoms with Gasteiger partial charge in [-0.05, 0) is 127 Å². The molecule has 57 heavy (non-hydrogen) atoms. The fourth-order valence-electron chi connectivity index (χ4n) is 8.90. The highest BCUT2D eigenvalue weighted by molar-refractivity contribution is 7.26. The minimum Gasteiger partial charge on any atom is -0.310 e. The molecule has 3 heteroatoms. The van der Waals surface area contributed by atoms with Gasteiger partial charge >= 0.3 is 0 Å². The highest BCUT2D eigenvalue weighted by Crippen LogP contribution is 2.43. The summed E-state index contributed by atoms with van der Waals surface area (Å²) in [5.41, 5.74) is 8.23. The molecule has 2 aromatic heterocycles. The number of benzene rings is 10. The molecule has 1 nitrogen and oxygen atoms in total. The average molecular weight is 760 g/mol. The van der Waals surface area contributed by atoms with Crippen LogP contribution in [0, 0.1) is 0 Å². The topological polar surface area (TPSA) is 3.24 Å². The minimum atomic E-state index is 1.11. The molecule has 0 unspecified atom stereocenters. The molecule has 0 bridgehead atoms. The first kappa shape index (κ1) is 32.5. The summed E-state index contributed by atoms with van der Waals surface area (Å²) in [6.45, 7) is 0. The summed E-state index contributed by atoms with van der Waals surface area (Å²) in [7, 11) is 0. The van der Waals surface area contributed by atoms with E-state index >= 15 is 0 Å². The van der Waals surface area contributed by atoms with Crippen LogP contribution in [0.3, 0.4) is 0 Å². The Morgan fingerprint density at radius 2 is 0.579 bits per heavy atom. The molecule has 0 fully saturated rings. The Hall–Kier alpha value is -6.78. The average Bonchev–Trinajstić information content (AvgIpc) is 3.85. The Morgan fingerprint density at radius 3 is 1.05 bits per heavy atom. The number of fused-ring (bicyclic) bond motifs is 12. The van der Waals surface area contributed by atoms with Gasteiger partial charge in [-0.2, -0.15) is 0 Å². The van der Waals surface area contributed by atoms with Gasteiger partial charge in [0.25, 0.3) is 0 Å². The summed E-state index contributed by atoms with van der Waals surface area (Å²) in [6, 6.07) is 74.1. The van der Waals surface area contributed by atoms with Crippen LogP contribution in [0.5, 0.6) is 0 Å². The quantitative estimate of drug-likeness (QED) is 0.158. The Balaban J connectivity index is 0.995. The summed E-state index contributed by atoms with van der Waals surface area (Å²) in [5, 5.41) is 12.9. The van der Waals surface area contributed by atoms with E-state index in [9.17, 15) is 0 Å². The zero-order valence-corrected chi connectivity index (χ0v) is 32.4. The number of rotatable bonds is 5. The lowest BCUT2D eigenvalue weighted by atomic mass is 9.94. The van der Waals surface area contributed by atoms with Crippen LogP contribution in [0.2, 0.25) is 0 Å². The van der Waals surface area contributed by atoms with Crippen molar-refractivity contribution < 1.29 is 0 Å². The Kier molecular flexibility index (Phi) is 7.34. The molecule has 266 valence electrons. The van der Waals surface area contributed by atoms with E-state index in [1.54, 1.807) is 0 Å². The molecule has 0 N–H and O–H groups in total. The van der Waals surface area contributed by atoms with Crippen LogP contribution in [0.4, 0.5) is 17.1 Å². The molecule has 2 heterocycles. The number of thiophene rings is 2. The maximum Gasteiger partial charge on any atom is 0.0468 e. The third-order valence-corrected chi connectivity index (χ3v) is 14.0. The van der Waals surface area contributed by atoms with Crippen molar-refractivity contribution in [2.45, 2.75) is 0 Å². The lowest BCUT2D eigenvalue weighted by Crippen LogP contribution is -2.10. The Morgan fingerprint density at radius 1 is 0.228 bits per heavy atom. The van der Waals surface area contributed by atoms with E-state index in [2.05, 4.69) is 205 Å². The first-order chi connectivity index (χ1) is 28.2. The SMILES string of the molecule is c1ccc2c(c1)sc1ccc(-c3ccc(N(c4ccc(-c5ccc6sc7ccccc7c6c5)cc4)c4ccc5c6ccccc6c6ccccc6c5c4)cc3)cc12. The molecule has 0 saturated carbocycles. The van der Waals surface area contributed by atoms with Gasteiger partial charge < -0.3 is 4.90 Å². The minimum absolute atomic E-state index is 1.11. The van der Waals surface area contributed by atoms with Crippen molar-refractivity contribution in [2.75, 3.05) is 4.90 Å². The second-order valence-electron chi connectivity index (χ2n) is 14.9. The van der Waals surface area contributed by atoms with Crippen molar-refractivity contribution in [1.29, 1.82) is 0 Å². The van der Waals surface area contributed by atoms with E-state index in [0.29, 0.717) is 0 Å². The van der Waals surface area contributed by atoms with Crippen molar-refractivity contribution in [3.8, 4) is 22.3 Å². The molecule has 0 saturated heterocycles. The zero-order valence-electron chi connectivity index (χ0n) is 30.8. The predicted molar refractivity (Wildman–Crippen MR) is 250 cm³/mol. The van der Waals surface area contributed by atoms with Gasteiger partial charge in [0.1, 0.15) is 0 Å². The van der Waals surface area contributed by atoms with Crippen molar-refractivity contribution >= 4 is 112 Å². The molecule has 12 aromatic rings. The zero-order chi connectivity index (χ0) is 37.5. The van der Waals surface area contributed by atoms with E-state index in [-0.39, 0.29) is 0 Å². The van der Waals surface area contributed by atoms with Crippen LogP contribution in [-0.4, -0.2) is 0 Å². The second kappa shape index (κ2) is 12.9. The van der Waals surface area contributed by atoms with Crippen molar-refractivity contribution in [1.82, 2.24) is 0 Å². The molecule has 0 aliphatic carbocycles. The van der Waals surface area contributed by atoms with Gasteiger partial charge in [-0.15, -0.1) is 22.7 Å². The normalized spacial score (nSPS) is 11.9. The Labute approximate surface area is 337 Å². The third-order valence-electron chi connectivity index (χ3n) is 11.7. The molecule has 0 aliphatic rings. The number of hydrogen-bond donors (Lipinski definition) is 0. The molecule has 0 radical (unpaired) electrons. The van der Waals surface area contributed by atoms with Gasteiger partial charge in [0.15, 0.2) is 0 Å². The van der Waals surface area contributed by atoms with Gasteiger partial charge in [-0.3, -0.25) is 0 Å². The van der Waals surface area contributed by atoms with Crippen LogP contribution < -0.4 is 4.90 Å². The van der Waals surface area contributed by atoms with Crippen LogP contribution in [0.25, 0.3) is 94.9 Å². The lowest BCUT2D eigenvalue weighted by Gasteiger charge is -2.26.